The summed E-state index contributed by atoms with van der Waals surface area (Å²) in [5.41, 5.74) is 0. The van der Waals surface area contributed by atoms with E-state index in [0.29, 0.717) is 17.7 Å². The summed E-state index contributed by atoms with van der Waals surface area (Å²) in [7, 11) is 0. The standard InChI is InChI=1S/C2HF4.Li/c3-1-2(4,5)6;/h1H;. The van der Waals surface area contributed by atoms with E-state index in [9.17, 15) is 17.6 Å². The third-order valence-corrected chi connectivity index (χ3v) is 0.451. The number of rotatable bonds is 0. The molecule has 1 unspecified atom stereocenters. The molecule has 0 radical (unpaired) electrons. The SMILES string of the molecule is [Li][CH](F)C(F)(F)F. The van der Waals surface area contributed by atoms with Gasteiger partial charge in [-0.1, -0.05) is 0 Å². The average Bonchev–Trinajstić information content (AvgIpc) is 1.31. The predicted octanol–water partition coefficient (Wildman–Crippen LogP) is 1.01. The van der Waals surface area contributed by atoms with Crippen molar-refractivity contribution in [3.05, 3.63) is 0 Å². The van der Waals surface area contributed by atoms with Crippen LogP contribution in [-0.4, -0.2) is 28.7 Å². The third-order valence-electron chi connectivity index (χ3n) is 0.451. The molecule has 0 saturated carbocycles. The first-order chi connectivity index (χ1) is 2.94. The normalized spacial score (nSPS) is 16.9. The van der Waals surface area contributed by atoms with Crippen LogP contribution in [0.4, 0.5) is 17.6 Å². The van der Waals surface area contributed by atoms with E-state index in [4.69, 9.17) is 0 Å². The summed E-state index contributed by atoms with van der Waals surface area (Å²) < 4.78 is 43.5. The Balaban J connectivity index is 3.54. The Hall–Kier alpha value is 0.317. The molecule has 0 saturated heterocycles. The van der Waals surface area contributed by atoms with Crippen molar-refractivity contribution >= 4 is 17.7 Å². The third kappa shape index (κ3) is 2.95. The Kier molecular flexibility index (Phi) is 2.15. The van der Waals surface area contributed by atoms with Crippen molar-refractivity contribution in [2.24, 2.45) is 0 Å². The van der Waals surface area contributed by atoms with Crippen LogP contribution >= 0.6 is 0 Å². The minimum absolute atomic E-state index is 0.458. The molecule has 0 aromatic rings. The van der Waals surface area contributed by atoms with Gasteiger partial charge >= 0.3 is 46.3 Å². The van der Waals surface area contributed by atoms with E-state index in [0.717, 1.165) is 0 Å². The van der Waals surface area contributed by atoms with Crippen molar-refractivity contribution in [2.45, 2.75) is 11.0 Å². The van der Waals surface area contributed by atoms with Gasteiger partial charge in [-0.05, 0) is 0 Å². The second-order valence-corrected chi connectivity index (χ2v) is 1.16. The van der Waals surface area contributed by atoms with Crippen molar-refractivity contribution in [3.8, 4) is 0 Å². The van der Waals surface area contributed by atoms with Crippen LogP contribution in [0.15, 0.2) is 0 Å². The fraction of sp³-hybridized carbons (Fsp3) is 1.00. The fourth-order valence-corrected chi connectivity index (χ4v) is 0. The Labute approximate surface area is 47.1 Å². The van der Waals surface area contributed by atoms with Crippen LogP contribution in [0.3, 0.4) is 0 Å². The first-order valence-electron chi connectivity index (χ1n) is 1.65. The van der Waals surface area contributed by atoms with Crippen LogP contribution in [0.5, 0.6) is 0 Å². The maximum absolute atomic E-state index is 11.1. The number of hydrogen-bond donors (Lipinski definition) is 0. The Morgan fingerprint density at radius 3 is 1.43 bits per heavy atom. The van der Waals surface area contributed by atoms with Gasteiger partial charge in [0, 0.05) is 0 Å². The van der Waals surface area contributed by atoms with Crippen molar-refractivity contribution in [2.75, 3.05) is 0 Å². The van der Waals surface area contributed by atoms with E-state index in [1.807, 2.05) is 0 Å². The second kappa shape index (κ2) is 2.06. The topological polar surface area (TPSA) is 0 Å². The van der Waals surface area contributed by atoms with E-state index in [1.54, 1.807) is 0 Å². The molecule has 0 heterocycles. The molecule has 0 spiro atoms. The molecule has 7 heavy (non-hydrogen) atoms. The van der Waals surface area contributed by atoms with E-state index in [-0.39, 0.29) is 0 Å². The monoisotopic (exact) mass is 108 g/mol. The molecular weight excluding hydrogens is 107 g/mol. The molecule has 0 aliphatic rings. The van der Waals surface area contributed by atoms with Crippen LogP contribution in [0.25, 0.3) is 0 Å². The van der Waals surface area contributed by atoms with Crippen molar-refractivity contribution < 1.29 is 17.6 Å². The quantitative estimate of drug-likeness (QED) is 0.321. The zero-order valence-electron chi connectivity index (χ0n) is 3.59. The van der Waals surface area contributed by atoms with Gasteiger partial charge in [-0.15, -0.1) is 0 Å². The fourth-order valence-electron chi connectivity index (χ4n) is 0. The molecule has 0 amide bonds. The molecule has 5 heteroatoms. The van der Waals surface area contributed by atoms with Gasteiger partial charge in [0.2, 0.25) is 0 Å². The molecule has 0 bridgehead atoms. The molecule has 0 rings (SSSR count). The van der Waals surface area contributed by atoms with Crippen LogP contribution < -0.4 is 0 Å². The molecule has 0 aromatic heterocycles. The Morgan fingerprint density at radius 1 is 1.29 bits per heavy atom. The number of alkyl halides is 4. The second-order valence-electron chi connectivity index (χ2n) is 1.16. The summed E-state index contributed by atoms with van der Waals surface area (Å²) >= 11 is 0.458. The van der Waals surface area contributed by atoms with Gasteiger partial charge in [-0.2, -0.15) is 0 Å². The summed E-state index contributed by atoms with van der Waals surface area (Å²) in [4.78, 5) is -2.70. The summed E-state index contributed by atoms with van der Waals surface area (Å²) in [5, 5.41) is 0. The summed E-state index contributed by atoms with van der Waals surface area (Å²) in [6.45, 7) is 0. The molecule has 0 aromatic carbocycles. The summed E-state index contributed by atoms with van der Waals surface area (Å²) in [6, 6.07) is 0. The van der Waals surface area contributed by atoms with Gasteiger partial charge < -0.3 is 0 Å². The summed E-state index contributed by atoms with van der Waals surface area (Å²) in [5.74, 6) is 0. The zero-order valence-corrected chi connectivity index (χ0v) is 3.59. The number of halogens is 4. The first kappa shape index (κ1) is 7.32. The van der Waals surface area contributed by atoms with Gasteiger partial charge in [0.05, 0.1) is 0 Å². The Morgan fingerprint density at radius 2 is 1.43 bits per heavy atom. The average molecular weight is 108 g/mol. The van der Waals surface area contributed by atoms with Gasteiger partial charge in [0.25, 0.3) is 0 Å². The predicted molar refractivity (Wildman–Crippen MR) is 16.7 cm³/mol. The molecule has 1 atom stereocenters. The van der Waals surface area contributed by atoms with Crippen LogP contribution in [-0.2, 0) is 0 Å². The molecule has 0 nitrogen and oxygen atoms in total. The molecule has 0 aliphatic heterocycles. The van der Waals surface area contributed by atoms with Crippen LogP contribution in [0.1, 0.15) is 0 Å². The van der Waals surface area contributed by atoms with Crippen LogP contribution in [0.2, 0.25) is 0 Å². The maximum atomic E-state index is 11.1. The van der Waals surface area contributed by atoms with E-state index < -0.39 is 11.0 Å². The van der Waals surface area contributed by atoms with Crippen molar-refractivity contribution in [1.82, 2.24) is 0 Å². The zero-order chi connectivity index (χ0) is 6.08. The number of hydrogen-bond acceptors (Lipinski definition) is 0. The van der Waals surface area contributed by atoms with Crippen molar-refractivity contribution in [3.63, 3.8) is 0 Å². The molecular formula is C2HF4Li. The van der Waals surface area contributed by atoms with E-state index >= 15 is 0 Å². The van der Waals surface area contributed by atoms with Crippen LogP contribution in [0, 0.1) is 0 Å². The Bertz CT molecular complexity index is 55.2. The van der Waals surface area contributed by atoms with Gasteiger partial charge in [-0.3, -0.25) is 0 Å². The van der Waals surface area contributed by atoms with Crippen molar-refractivity contribution in [1.29, 1.82) is 0 Å². The van der Waals surface area contributed by atoms with E-state index in [1.165, 1.54) is 0 Å². The molecule has 0 fully saturated rings. The van der Waals surface area contributed by atoms with Gasteiger partial charge in [0.1, 0.15) is 0 Å². The molecule has 0 aliphatic carbocycles. The first-order valence-corrected chi connectivity index (χ1v) is 1.65. The minimum atomic E-state index is -4.67. The van der Waals surface area contributed by atoms with Gasteiger partial charge in [-0.25, -0.2) is 0 Å². The summed E-state index contributed by atoms with van der Waals surface area (Å²) in [6.07, 6.45) is -4.67. The van der Waals surface area contributed by atoms with E-state index in [2.05, 4.69) is 0 Å². The molecule has 38 valence electrons. The van der Waals surface area contributed by atoms with Gasteiger partial charge in [0.15, 0.2) is 0 Å². The molecule has 0 N–H and O–H groups in total.